The molecule has 116 valence electrons. The molecule has 0 aromatic rings. The van der Waals surface area contributed by atoms with Gasteiger partial charge in [0.25, 0.3) is 0 Å². The minimum Gasteiger partial charge on any atom is -0.356 e. The Morgan fingerprint density at radius 2 is 1.90 bits per heavy atom. The van der Waals surface area contributed by atoms with Crippen molar-refractivity contribution in [2.75, 3.05) is 19.6 Å². The highest BCUT2D eigenvalue weighted by Crippen LogP contribution is 2.28. The van der Waals surface area contributed by atoms with E-state index in [2.05, 4.69) is 17.6 Å². The van der Waals surface area contributed by atoms with Crippen molar-refractivity contribution in [2.24, 2.45) is 11.3 Å². The van der Waals surface area contributed by atoms with E-state index >= 15 is 0 Å². The number of carbonyl (C=O) groups is 1. The SMILES string of the molecule is CC1(CNC(=O)CCCC2CCCCC2)CCNCC1. The van der Waals surface area contributed by atoms with Gasteiger partial charge in [0.1, 0.15) is 0 Å². The second kappa shape index (κ2) is 8.02. The Labute approximate surface area is 124 Å². The van der Waals surface area contributed by atoms with E-state index < -0.39 is 0 Å². The van der Waals surface area contributed by atoms with Crippen LogP contribution in [-0.4, -0.2) is 25.5 Å². The van der Waals surface area contributed by atoms with Crippen LogP contribution in [0.1, 0.15) is 71.1 Å². The average Bonchev–Trinajstić information content (AvgIpc) is 2.47. The van der Waals surface area contributed by atoms with Crippen molar-refractivity contribution < 1.29 is 4.79 Å². The number of piperidine rings is 1. The number of hydrogen-bond acceptors (Lipinski definition) is 2. The maximum Gasteiger partial charge on any atom is 0.220 e. The van der Waals surface area contributed by atoms with E-state index in [-0.39, 0.29) is 5.91 Å². The van der Waals surface area contributed by atoms with Crippen molar-refractivity contribution in [3.05, 3.63) is 0 Å². The van der Waals surface area contributed by atoms with E-state index in [1.165, 1.54) is 51.4 Å². The first kappa shape index (κ1) is 15.8. The number of amides is 1. The molecule has 2 aliphatic rings. The molecule has 0 aromatic heterocycles. The molecule has 1 saturated carbocycles. The fourth-order valence-electron chi connectivity index (χ4n) is 3.63. The molecular formula is C17H32N2O. The Morgan fingerprint density at radius 3 is 2.60 bits per heavy atom. The second-order valence-corrected chi connectivity index (χ2v) is 7.23. The van der Waals surface area contributed by atoms with E-state index in [0.717, 1.165) is 38.4 Å². The molecule has 0 bridgehead atoms. The quantitative estimate of drug-likeness (QED) is 0.784. The molecule has 2 N–H and O–H groups in total. The average molecular weight is 280 g/mol. The summed E-state index contributed by atoms with van der Waals surface area (Å²) in [6.07, 6.45) is 12.4. The zero-order chi connectivity index (χ0) is 14.3. The molecule has 0 aromatic carbocycles. The lowest BCUT2D eigenvalue weighted by molar-refractivity contribution is -0.121. The molecule has 2 fully saturated rings. The molecule has 20 heavy (non-hydrogen) atoms. The second-order valence-electron chi connectivity index (χ2n) is 7.23. The maximum atomic E-state index is 11.9. The fraction of sp³-hybridized carbons (Fsp3) is 0.941. The summed E-state index contributed by atoms with van der Waals surface area (Å²) in [6, 6.07) is 0. The van der Waals surface area contributed by atoms with Gasteiger partial charge in [-0.2, -0.15) is 0 Å². The van der Waals surface area contributed by atoms with Gasteiger partial charge in [0.2, 0.25) is 5.91 Å². The minimum absolute atomic E-state index is 0.264. The van der Waals surface area contributed by atoms with Crippen LogP contribution in [-0.2, 0) is 4.79 Å². The molecule has 0 radical (unpaired) electrons. The monoisotopic (exact) mass is 280 g/mol. The molecule has 3 heteroatoms. The van der Waals surface area contributed by atoms with Crippen LogP contribution < -0.4 is 10.6 Å². The first-order chi connectivity index (χ1) is 9.68. The standard InChI is InChI=1S/C17H32N2O/c1-17(10-12-18-13-11-17)14-19-16(20)9-5-8-15-6-3-2-4-7-15/h15,18H,2-14H2,1H3,(H,19,20). The predicted molar refractivity (Wildman–Crippen MR) is 83.6 cm³/mol. The van der Waals surface area contributed by atoms with Crippen molar-refractivity contribution in [3.8, 4) is 0 Å². The van der Waals surface area contributed by atoms with Crippen molar-refractivity contribution >= 4 is 5.91 Å². The van der Waals surface area contributed by atoms with Gasteiger partial charge in [0.15, 0.2) is 0 Å². The van der Waals surface area contributed by atoms with Gasteiger partial charge < -0.3 is 10.6 Å². The molecule has 1 saturated heterocycles. The Kier molecular flexibility index (Phi) is 6.34. The number of rotatable bonds is 6. The van der Waals surface area contributed by atoms with Crippen LogP contribution in [0.2, 0.25) is 0 Å². The van der Waals surface area contributed by atoms with Crippen molar-refractivity contribution in [3.63, 3.8) is 0 Å². The van der Waals surface area contributed by atoms with Crippen LogP contribution in [0, 0.1) is 11.3 Å². The summed E-state index contributed by atoms with van der Waals surface area (Å²) in [6.45, 7) is 5.34. The Morgan fingerprint density at radius 1 is 1.20 bits per heavy atom. The lowest BCUT2D eigenvalue weighted by atomic mass is 9.81. The summed E-state index contributed by atoms with van der Waals surface area (Å²) >= 11 is 0. The fourth-order valence-corrected chi connectivity index (χ4v) is 3.63. The first-order valence-corrected chi connectivity index (χ1v) is 8.65. The highest BCUT2D eigenvalue weighted by atomic mass is 16.1. The van der Waals surface area contributed by atoms with E-state index in [1.807, 2.05) is 0 Å². The minimum atomic E-state index is 0.264. The normalized spacial score (nSPS) is 23.4. The van der Waals surface area contributed by atoms with Gasteiger partial charge in [-0.25, -0.2) is 0 Å². The van der Waals surface area contributed by atoms with Gasteiger partial charge in [-0.05, 0) is 50.1 Å². The highest BCUT2D eigenvalue weighted by Gasteiger charge is 2.26. The van der Waals surface area contributed by atoms with Gasteiger partial charge in [-0.1, -0.05) is 39.0 Å². The molecule has 2 rings (SSSR count). The largest absolute Gasteiger partial charge is 0.356 e. The van der Waals surface area contributed by atoms with Crippen molar-refractivity contribution in [2.45, 2.75) is 71.1 Å². The summed E-state index contributed by atoms with van der Waals surface area (Å²) in [5.74, 6) is 1.17. The van der Waals surface area contributed by atoms with E-state index in [0.29, 0.717) is 5.41 Å². The molecule has 3 nitrogen and oxygen atoms in total. The van der Waals surface area contributed by atoms with Crippen LogP contribution in [0.3, 0.4) is 0 Å². The van der Waals surface area contributed by atoms with Crippen molar-refractivity contribution in [1.29, 1.82) is 0 Å². The molecule has 0 spiro atoms. The lowest BCUT2D eigenvalue weighted by Gasteiger charge is -2.34. The zero-order valence-corrected chi connectivity index (χ0v) is 13.2. The third-order valence-corrected chi connectivity index (χ3v) is 5.26. The summed E-state index contributed by atoms with van der Waals surface area (Å²) in [5.41, 5.74) is 0.310. The predicted octanol–water partition coefficient (Wildman–Crippen LogP) is 3.24. The summed E-state index contributed by atoms with van der Waals surface area (Å²) in [4.78, 5) is 11.9. The molecule has 1 amide bonds. The van der Waals surface area contributed by atoms with Crippen LogP contribution in [0.4, 0.5) is 0 Å². The summed E-state index contributed by atoms with van der Waals surface area (Å²) in [7, 11) is 0. The van der Waals surface area contributed by atoms with Gasteiger partial charge in [-0.15, -0.1) is 0 Å². The van der Waals surface area contributed by atoms with Gasteiger partial charge in [0.05, 0.1) is 0 Å². The Balaban J connectivity index is 1.55. The van der Waals surface area contributed by atoms with E-state index in [4.69, 9.17) is 0 Å². The van der Waals surface area contributed by atoms with Crippen LogP contribution in [0.15, 0.2) is 0 Å². The number of nitrogens with one attached hydrogen (secondary N) is 2. The summed E-state index contributed by atoms with van der Waals surface area (Å²) in [5, 5.41) is 6.55. The molecular weight excluding hydrogens is 248 g/mol. The molecule has 1 aliphatic carbocycles. The zero-order valence-electron chi connectivity index (χ0n) is 13.2. The topological polar surface area (TPSA) is 41.1 Å². The van der Waals surface area contributed by atoms with Gasteiger partial charge in [0, 0.05) is 13.0 Å². The van der Waals surface area contributed by atoms with Crippen LogP contribution >= 0.6 is 0 Å². The maximum absolute atomic E-state index is 11.9. The van der Waals surface area contributed by atoms with E-state index in [1.54, 1.807) is 0 Å². The molecule has 1 heterocycles. The third kappa shape index (κ3) is 5.43. The highest BCUT2D eigenvalue weighted by molar-refractivity contribution is 5.75. The van der Waals surface area contributed by atoms with Crippen LogP contribution in [0.25, 0.3) is 0 Å². The molecule has 0 atom stereocenters. The third-order valence-electron chi connectivity index (χ3n) is 5.26. The molecule has 1 aliphatic heterocycles. The lowest BCUT2D eigenvalue weighted by Crippen LogP contribution is -2.42. The van der Waals surface area contributed by atoms with E-state index in [9.17, 15) is 4.79 Å². The van der Waals surface area contributed by atoms with Gasteiger partial charge >= 0.3 is 0 Å². The van der Waals surface area contributed by atoms with Crippen LogP contribution in [0.5, 0.6) is 0 Å². The Hall–Kier alpha value is -0.570. The summed E-state index contributed by atoms with van der Waals surface area (Å²) < 4.78 is 0. The van der Waals surface area contributed by atoms with Crippen molar-refractivity contribution in [1.82, 2.24) is 10.6 Å². The smallest absolute Gasteiger partial charge is 0.220 e. The molecule has 0 unspecified atom stereocenters. The number of hydrogen-bond donors (Lipinski definition) is 2. The van der Waals surface area contributed by atoms with Gasteiger partial charge in [-0.3, -0.25) is 4.79 Å². The first-order valence-electron chi connectivity index (χ1n) is 8.65. The number of carbonyl (C=O) groups excluding carboxylic acids is 1. The Bertz CT molecular complexity index is 291.